The Bertz CT molecular complexity index is 1200. The minimum Gasteiger partial charge on any atom is -0.485 e. The summed E-state index contributed by atoms with van der Waals surface area (Å²) in [4.78, 5) is 37.0. The van der Waals surface area contributed by atoms with Crippen LogP contribution in [0.4, 0.5) is 0 Å². The SMILES string of the molecule is CCC(C)NC(=O)c1cc2ccc(OC(=O)C3COc4ccccc4O3)cc2oc1=O. The van der Waals surface area contributed by atoms with Crippen molar-refractivity contribution in [2.75, 3.05) is 6.61 Å². The van der Waals surface area contributed by atoms with E-state index in [1.165, 1.54) is 12.1 Å². The molecule has 1 N–H and O–H groups in total. The molecule has 2 heterocycles. The summed E-state index contributed by atoms with van der Waals surface area (Å²) in [5.41, 5.74) is -0.650. The number of ether oxygens (including phenoxy) is 3. The van der Waals surface area contributed by atoms with Crippen LogP contribution in [0.25, 0.3) is 11.0 Å². The molecule has 0 spiro atoms. The van der Waals surface area contributed by atoms with Crippen molar-refractivity contribution in [3.63, 3.8) is 0 Å². The Kier molecular flexibility index (Phi) is 5.62. The van der Waals surface area contributed by atoms with Gasteiger partial charge in [-0.05, 0) is 43.7 Å². The Morgan fingerprint density at radius 2 is 1.94 bits per heavy atom. The number of rotatable bonds is 5. The number of para-hydroxylation sites is 2. The van der Waals surface area contributed by atoms with Gasteiger partial charge in [0.05, 0.1) is 0 Å². The first kappa shape index (κ1) is 20.5. The van der Waals surface area contributed by atoms with Crippen molar-refractivity contribution in [1.29, 1.82) is 0 Å². The fourth-order valence-electron chi connectivity index (χ4n) is 3.03. The third-order valence-electron chi connectivity index (χ3n) is 4.93. The maximum absolute atomic E-state index is 12.5. The first-order valence-corrected chi connectivity index (χ1v) is 9.93. The number of fused-ring (bicyclic) bond motifs is 2. The third-order valence-corrected chi connectivity index (χ3v) is 4.93. The van der Waals surface area contributed by atoms with Crippen LogP contribution in [0.2, 0.25) is 0 Å². The van der Waals surface area contributed by atoms with Crippen LogP contribution in [-0.4, -0.2) is 30.6 Å². The predicted molar refractivity (Wildman–Crippen MR) is 112 cm³/mol. The second-order valence-corrected chi connectivity index (χ2v) is 7.22. The monoisotopic (exact) mass is 423 g/mol. The van der Waals surface area contributed by atoms with E-state index in [2.05, 4.69) is 5.32 Å². The average molecular weight is 423 g/mol. The highest BCUT2D eigenvalue weighted by Gasteiger charge is 2.29. The third kappa shape index (κ3) is 4.37. The van der Waals surface area contributed by atoms with E-state index >= 15 is 0 Å². The molecule has 1 aliphatic heterocycles. The van der Waals surface area contributed by atoms with Gasteiger partial charge in [-0.1, -0.05) is 19.1 Å². The Morgan fingerprint density at radius 1 is 1.16 bits per heavy atom. The quantitative estimate of drug-likeness (QED) is 0.382. The van der Waals surface area contributed by atoms with Crippen molar-refractivity contribution in [3.05, 3.63) is 64.5 Å². The molecule has 160 valence electrons. The number of esters is 1. The summed E-state index contributed by atoms with van der Waals surface area (Å²) in [5.74, 6) is 0.0755. The van der Waals surface area contributed by atoms with E-state index in [4.69, 9.17) is 18.6 Å². The molecule has 31 heavy (non-hydrogen) atoms. The number of hydrogen-bond acceptors (Lipinski definition) is 7. The number of carbonyl (C=O) groups is 2. The van der Waals surface area contributed by atoms with Gasteiger partial charge in [-0.15, -0.1) is 0 Å². The van der Waals surface area contributed by atoms with Crippen molar-refractivity contribution in [1.82, 2.24) is 5.32 Å². The molecule has 0 radical (unpaired) electrons. The van der Waals surface area contributed by atoms with E-state index in [0.717, 1.165) is 6.42 Å². The summed E-state index contributed by atoms with van der Waals surface area (Å²) < 4.78 is 21.8. The summed E-state index contributed by atoms with van der Waals surface area (Å²) in [5, 5.41) is 3.27. The van der Waals surface area contributed by atoms with Gasteiger partial charge in [-0.3, -0.25) is 4.79 Å². The van der Waals surface area contributed by atoms with Crippen molar-refractivity contribution < 1.29 is 28.2 Å². The molecule has 1 amide bonds. The average Bonchev–Trinajstić information content (AvgIpc) is 2.78. The molecule has 1 aliphatic rings. The van der Waals surface area contributed by atoms with E-state index in [1.807, 2.05) is 19.9 Å². The number of nitrogens with one attached hydrogen (secondary N) is 1. The molecule has 0 fully saturated rings. The van der Waals surface area contributed by atoms with E-state index in [-0.39, 0.29) is 29.5 Å². The summed E-state index contributed by atoms with van der Waals surface area (Å²) in [6.07, 6.45) is -0.190. The van der Waals surface area contributed by atoms with Crippen LogP contribution in [0.3, 0.4) is 0 Å². The van der Waals surface area contributed by atoms with Crippen molar-refractivity contribution in [2.24, 2.45) is 0 Å². The lowest BCUT2D eigenvalue weighted by molar-refractivity contribution is -0.144. The lowest BCUT2D eigenvalue weighted by Gasteiger charge is -2.24. The molecule has 3 aromatic rings. The topological polar surface area (TPSA) is 104 Å². The predicted octanol–water partition coefficient (Wildman–Crippen LogP) is 3.07. The van der Waals surface area contributed by atoms with Gasteiger partial charge in [-0.2, -0.15) is 0 Å². The molecule has 2 unspecified atom stereocenters. The lowest BCUT2D eigenvalue weighted by atomic mass is 10.1. The zero-order valence-corrected chi connectivity index (χ0v) is 17.0. The van der Waals surface area contributed by atoms with Crippen LogP contribution in [0.1, 0.15) is 30.6 Å². The highest BCUT2D eigenvalue weighted by atomic mass is 16.6. The normalized spacial score (nSPS) is 15.9. The lowest BCUT2D eigenvalue weighted by Crippen LogP contribution is -2.39. The second-order valence-electron chi connectivity index (χ2n) is 7.22. The minimum atomic E-state index is -0.927. The molecular weight excluding hydrogens is 402 g/mol. The Hall–Kier alpha value is -3.81. The van der Waals surface area contributed by atoms with Crippen LogP contribution < -0.4 is 25.2 Å². The van der Waals surface area contributed by atoms with Crippen LogP contribution in [0.15, 0.2) is 57.7 Å². The van der Waals surface area contributed by atoms with Gasteiger partial charge < -0.3 is 23.9 Å². The van der Waals surface area contributed by atoms with E-state index in [9.17, 15) is 14.4 Å². The number of benzene rings is 2. The van der Waals surface area contributed by atoms with Crippen molar-refractivity contribution >= 4 is 22.8 Å². The Morgan fingerprint density at radius 3 is 2.71 bits per heavy atom. The second kappa shape index (κ2) is 8.51. The summed E-state index contributed by atoms with van der Waals surface area (Å²) in [6.45, 7) is 3.80. The zero-order chi connectivity index (χ0) is 22.0. The molecule has 2 aromatic carbocycles. The van der Waals surface area contributed by atoms with E-state index in [1.54, 1.807) is 30.3 Å². The zero-order valence-electron chi connectivity index (χ0n) is 17.0. The number of hydrogen-bond donors (Lipinski definition) is 1. The minimum absolute atomic E-state index is 0.0210. The molecular formula is C23H21NO7. The largest absolute Gasteiger partial charge is 0.485 e. The smallest absolute Gasteiger partial charge is 0.356 e. The maximum atomic E-state index is 12.5. The fraction of sp³-hybridized carbons (Fsp3) is 0.261. The van der Waals surface area contributed by atoms with Crippen molar-refractivity contribution in [3.8, 4) is 17.2 Å². The molecule has 0 aliphatic carbocycles. The molecule has 8 nitrogen and oxygen atoms in total. The van der Waals surface area contributed by atoms with Gasteiger partial charge in [0.1, 0.15) is 23.5 Å². The summed E-state index contributed by atoms with van der Waals surface area (Å²) >= 11 is 0. The molecule has 4 rings (SSSR count). The van der Waals surface area contributed by atoms with Gasteiger partial charge in [0.25, 0.3) is 5.91 Å². The molecule has 8 heteroatoms. The van der Waals surface area contributed by atoms with Gasteiger partial charge in [0, 0.05) is 17.5 Å². The molecule has 0 saturated heterocycles. The first-order chi connectivity index (χ1) is 14.9. The summed E-state index contributed by atoms with van der Waals surface area (Å²) in [6, 6.07) is 13.0. The fourth-order valence-corrected chi connectivity index (χ4v) is 3.03. The molecule has 1 aromatic heterocycles. The van der Waals surface area contributed by atoms with Crippen LogP contribution >= 0.6 is 0 Å². The van der Waals surface area contributed by atoms with Gasteiger partial charge >= 0.3 is 11.6 Å². The van der Waals surface area contributed by atoms with Gasteiger partial charge in [0.15, 0.2) is 11.5 Å². The molecule has 0 bridgehead atoms. The number of amides is 1. The molecule has 0 saturated carbocycles. The molecule has 2 atom stereocenters. The standard InChI is InChI=1S/C23H21NO7/c1-3-13(2)24-21(25)16-10-14-8-9-15(11-19(14)31-22(16)26)29-23(27)20-12-28-17-6-4-5-7-18(17)30-20/h4-11,13,20H,3,12H2,1-2H3,(H,24,25). The van der Waals surface area contributed by atoms with E-state index < -0.39 is 23.6 Å². The highest BCUT2D eigenvalue weighted by molar-refractivity contribution is 5.97. The van der Waals surface area contributed by atoms with E-state index in [0.29, 0.717) is 16.9 Å². The van der Waals surface area contributed by atoms with Gasteiger partial charge in [-0.25, -0.2) is 9.59 Å². The van der Waals surface area contributed by atoms with Gasteiger partial charge in [0.2, 0.25) is 6.10 Å². The first-order valence-electron chi connectivity index (χ1n) is 9.93. The number of carbonyl (C=O) groups excluding carboxylic acids is 2. The maximum Gasteiger partial charge on any atom is 0.356 e. The Balaban J connectivity index is 1.50. The van der Waals surface area contributed by atoms with Crippen LogP contribution in [-0.2, 0) is 4.79 Å². The Labute approximate surface area is 177 Å². The summed E-state index contributed by atoms with van der Waals surface area (Å²) in [7, 11) is 0. The highest BCUT2D eigenvalue weighted by Crippen LogP contribution is 2.31. The van der Waals surface area contributed by atoms with Crippen LogP contribution in [0.5, 0.6) is 17.2 Å². The van der Waals surface area contributed by atoms with Crippen molar-refractivity contribution in [2.45, 2.75) is 32.4 Å². The van der Waals surface area contributed by atoms with Crippen LogP contribution in [0, 0.1) is 0 Å².